The van der Waals surface area contributed by atoms with Gasteiger partial charge in [0.05, 0.1) is 28.5 Å². The van der Waals surface area contributed by atoms with E-state index < -0.39 is 10.0 Å². The van der Waals surface area contributed by atoms with Crippen LogP contribution in [-0.2, 0) is 16.6 Å². The van der Waals surface area contributed by atoms with Gasteiger partial charge in [-0.3, -0.25) is 9.10 Å². The van der Waals surface area contributed by atoms with E-state index in [9.17, 15) is 13.2 Å². The summed E-state index contributed by atoms with van der Waals surface area (Å²) in [6.07, 6.45) is 5.61. The maximum absolute atomic E-state index is 12.5. The first-order chi connectivity index (χ1) is 14.7. The van der Waals surface area contributed by atoms with Gasteiger partial charge in [0.15, 0.2) is 0 Å². The van der Waals surface area contributed by atoms with Crippen LogP contribution in [0.1, 0.15) is 55.5 Å². The molecule has 1 amide bonds. The molecule has 0 saturated heterocycles. The second-order valence-electron chi connectivity index (χ2n) is 7.69. The maximum Gasteiger partial charge on any atom is 0.251 e. The van der Waals surface area contributed by atoms with Crippen molar-refractivity contribution in [3.63, 3.8) is 0 Å². The first kappa shape index (κ1) is 25.5. The molecule has 0 fully saturated rings. The van der Waals surface area contributed by atoms with Crippen molar-refractivity contribution in [2.45, 2.75) is 46.1 Å². The second-order valence-corrected chi connectivity index (χ2v) is 10.4. The molecule has 0 saturated carbocycles. The van der Waals surface area contributed by atoms with Crippen LogP contribution in [0, 0.1) is 5.92 Å². The van der Waals surface area contributed by atoms with Gasteiger partial charge in [-0.2, -0.15) is 0 Å². The highest BCUT2D eigenvalue weighted by molar-refractivity contribution is 7.92. The number of halogens is 2. The first-order valence-corrected chi connectivity index (χ1v) is 13.1. The van der Waals surface area contributed by atoms with Crippen LogP contribution in [0.3, 0.4) is 0 Å². The van der Waals surface area contributed by atoms with Crippen molar-refractivity contribution in [2.24, 2.45) is 5.92 Å². The molecule has 0 bridgehead atoms. The molecule has 5 nitrogen and oxygen atoms in total. The van der Waals surface area contributed by atoms with Crippen LogP contribution in [0.2, 0.25) is 10.0 Å². The number of carbonyl (C=O) groups excluding carboxylic acids is 1. The number of anilines is 1. The zero-order valence-corrected chi connectivity index (χ0v) is 20.5. The van der Waals surface area contributed by atoms with Crippen LogP contribution < -0.4 is 9.62 Å². The van der Waals surface area contributed by atoms with E-state index in [-0.39, 0.29) is 17.5 Å². The van der Waals surface area contributed by atoms with Crippen LogP contribution in [0.15, 0.2) is 42.5 Å². The quantitative estimate of drug-likeness (QED) is 0.431. The molecule has 8 heteroatoms. The molecule has 31 heavy (non-hydrogen) atoms. The molecule has 0 aliphatic heterocycles. The number of nitrogens with zero attached hydrogens (tertiary/aromatic N) is 1. The Morgan fingerprint density at radius 3 is 2.29 bits per heavy atom. The number of rotatable bonds is 11. The molecule has 0 aliphatic rings. The molecule has 0 radical (unpaired) electrons. The third-order valence-corrected chi connectivity index (χ3v) is 7.11. The molecule has 0 aliphatic carbocycles. The van der Waals surface area contributed by atoms with Crippen LogP contribution in [-0.4, -0.2) is 27.1 Å². The van der Waals surface area contributed by atoms with Crippen LogP contribution in [0.25, 0.3) is 0 Å². The second kappa shape index (κ2) is 11.7. The lowest BCUT2D eigenvalue weighted by Crippen LogP contribution is -2.30. The van der Waals surface area contributed by atoms with E-state index in [0.717, 1.165) is 31.1 Å². The summed E-state index contributed by atoms with van der Waals surface area (Å²) < 4.78 is 25.9. The normalized spacial score (nSPS) is 12.4. The Labute approximate surface area is 195 Å². The zero-order chi connectivity index (χ0) is 23.0. The summed E-state index contributed by atoms with van der Waals surface area (Å²) in [5, 5.41) is 3.65. The Hall–Kier alpha value is -1.76. The molecule has 1 N–H and O–H groups in total. The predicted octanol–water partition coefficient (Wildman–Crippen LogP) is 5.91. The molecule has 0 unspecified atom stereocenters. The van der Waals surface area contributed by atoms with E-state index in [0.29, 0.717) is 28.7 Å². The van der Waals surface area contributed by atoms with Crippen molar-refractivity contribution < 1.29 is 13.2 Å². The topological polar surface area (TPSA) is 66.5 Å². The Bertz CT molecular complexity index is 979. The van der Waals surface area contributed by atoms with Gasteiger partial charge in [0.2, 0.25) is 10.0 Å². The summed E-state index contributed by atoms with van der Waals surface area (Å²) in [5.41, 5.74) is 1.73. The highest BCUT2D eigenvalue weighted by atomic mass is 35.5. The fraction of sp³-hybridized carbons (Fsp3) is 0.435. The Balaban J connectivity index is 2.08. The van der Waals surface area contributed by atoms with E-state index >= 15 is 0 Å². The summed E-state index contributed by atoms with van der Waals surface area (Å²) in [7, 11) is -3.55. The molecule has 0 spiro atoms. The van der Waals surface area contributed by atoms with E-state index in [4.69, 9.17) is 23.2 Å². The van der Waals surface area contributed by atoms with Crippen molar-refractivity contribution >= 4 is 44.8 Å². The number of hydrogen-bond acceptors (Lipinski definition) is 3. The summed E-state index contributed by atoms with van der Waals surface area (Å²) >= 11 is 12.0. The van der Waals surface area contributed by atoms with Gasteiger partial charge in [-0.25, -0.2) is 8.42 Å². The first-order valence-electron chi connectivity index (χ1n) is 10.5. The molecule has 170 valence electrons. The lowest BCUT2D eigenvalue weighted by atomic mass is 9.99. The van der Waals surface area contributed by atoms with Crippen LogP contribution in [0.4, 0.5) is 5.69 Å². The average molecular weight is 485 g/mol. The molecular weight excluding hydrogens is 455 g/mol. The number of unbranched alkanes of at least 4 members (excludes halogenated alkanes) is 1. The van der Waals surface area contributed by atoms with E-state index in [1.165, 1.54) is 16.8 Å². The van der Waals surface area contributed by atoms with Gasteiger partial charge in [0, 0.05) is 12.1 Å². The number of benzene rings is 2. The number of hydrogen-bond donors (Lipinski definition) is 1. The van der Waals surface area contributed by atoms with Crippen molar-refractivity contribution in [2.75, 3.05) is 17.1 Å². The monoisotopic (exact) mass is 484 g/mol. The summed E-state index contributed by atoms with van der Waals surface area (Å²) in [4.78, 5) is 12.5. The molecular formula is C23H30Cl2N2O3S. The Morgan fingerprint density at radius 2 is 1.74 bits per heavy atom. The average Bonchev–Trinajstić information content (AvgIpc) is 2.73. The Morgan fingerprint density at radius 1 is 1.06 bits per heavy atom. The van der Waals surface area contributed by atoms with Gasteiger partial charge in [-0.05, 0) is 48.2 Å². The lowest BCUT2D eigenvalue weighted by molar-refractivity contribution is 0.0946. The van der Waals surface area contributed by atoms with E-state index in [1.807, 2.05) is 0 Å². The summed E-state index contributed by atoms with van der Waals surface area (Å²) in [6, 6.07) is 11.7. The van der Waals surface area contributed by atoms with Crippen molar-refractivity contribution in [3.8, 4) is 0 Å². The zero-order valence-electron chi connectivity index (χ0n) is 18.2. The molecule has 0 aromatic heterocycles. The third-order valence-electron chi connectivity index (χ3n) is 5.23. The smallest absolute Gasteiger partial charge is 0.251 e. The van der Waals surface area contributed by atoms with Crippen molar-refractivity contribution in [1.29, 1.82) is 0 Å². The number of sulfonamides is 1. The minimum Gasteiger partial charge on any atom is -0.352 e. The number of carbonyl (C=O) groups is 1. The van der Waals surface area contributed by atoms with E-state index in [1.54, 1.807) is 36.4 Å². The molecule has 0 heterocycles. The summed E-state index contributed by atoms with van der Waals surface area (Å²) in [6.45, 7) is 5.09. The lowest BCUT2D eigenvalue weighted by Gasteiger charge is -2.23. The SMILES string of the molecule is CCCC[C@H](CC)CNC(=O)c1ccc(CN(c2ccc(Cl)c(Cl)c2)S(C)(=O)=O)cc1. The largest absolute Gasteiger partial charge is 0.352 e. The standard InChI is InChI=1S/C23H30Cl2N2O3S/c1-4-6-7-17(5-2)15-26-23(28)19-10-8-18(9-11-19)16-27(31(3,29)30)20-12-13-21(24)22(25)14-20/h8-14,17H,4-7,15-16H2,1-3H3,(H,26,28)/t17-/m0/s1. The van der Waals surface area contributed by atoms with Crippen molar-refractivity contribution in [1.82, 2.24) is 5.32 Å². The maximum atomic E-state index is 12.5. The number of nitrogens with one attached hydrogen (secondary N) is 1. The van der Waals surface area contributed by atoms with Gasteiger partial charge in [-0.1, -0.05) is 68.4 Å². The van der Waals surface area contributed by atoms with Gasteiger partial charge in [0.25, 0.3) is 5.91 Å². The summed E-state index contributed by atoms with van der Waals surface area (Å²) in [5.74, 6) is 0.364. The molecule has 1 atom stereocenters. The predicted molar refractivity (Wildman–Crippen MR) is 130 cm³/mol. The van der Waals surface area contributed by atoms with Crippen LogP contribution >= 0.6 is 23.2 Å². The fourth-order valence-corrected chi connectivity index (χ4v) is 4.42. The van der Waals surface area contributed by atoms with Gasteiger partial charge >= 0.3 is 0 Å². The minimum absolute atomic E-state index is 0.119. The van der Waals surface area contributed by atoms with Gasteiger partial charge in [-0.15, -0.1) is 0 Å². The highest BCUT2D eigenvalue weighted by Gasteiger charge is 2.19. The highest BCUT2D eigenvalue weighted by Crippen LogP contribution is 2.29. The molecule has 2 aromatic carbocycles. The minimum atomic E-state index is -3.55. The van der Waals surface area contributed by atoms with Crippen molar-refractivity contribution in [3.05, 3.63) is 63.6 Å². The van der Waals surface area contributed by atoms with Gasteiger partial charge < -0.3 is 5.32 Å². The third kappa shape index (κ3) is 7.70. The Kier molecular flexibility index (Phi) is 9.66. The molecule has 2 rings (SSSR count). The fourth-order valence-electron chi connectivity index (χ4n) is 3.25. The van der Waals surface area contributed by atoms with E-state index in [2.05, 4.69) is 19.2 Å². The van der Waals surface area contributed by atoms with Gasteiger partial charge in [0.1, 0.15) is 0 Å². The van der Waals surface area contributed by atoms with Crippen LogP contribution in [0.5, 0.6) is 0 Å². The number of amides is 1. The molecule has 2 aromatic rings.